The molecule has 1 aliphatic heterocycles. The van der Waals surface area contributed by atoms with E-state index in [1.54, 1.807) is 19.1 Å². The highest BCUT2D eigenvalue weighted by Crippen LogP contribution is 2.24. The summed E-state index contributed by atoms with van der Waals surface area (Å²) in [5, 5.41) is 0. The van der Waals surface area contributed by atoms with Gasteiger partial charge in [0.1, 0.15) is 17.2 Å². The maximum atomic E-state index is 13.1. The van der Waals surface area contributed by atoms with Crippen molar-refractivity contribution in [1.29, 1.82) is 0 Å². The second-order valence-corrected chi connectivity index (χ2v) is 9.10. The molecule has 1 fully saturated rings. The van der Waals surface area contributed by atoms with Gasteiger partial charge < -0.3 is 14.1 Å². The molecular formula is C26H33FN3O2+. The molecule has 0 spiro atoms. The van der Waals surface area contributed by atoms with E-state index in [1.165, 1.54) is 13.0 Å². The Morgan fingerprint density at radius 1 is 1.09 bits per heavy atom. The summed E-state index contributed by atoms with van der Waals surface area (Å²) in [5.41, 5.74) is 2.09. The number of hydrogen-bond donors (Lipinski definition) is 0. The van der Waals surface area contributed by atoms with Gasteiger partial charge in [-0.2, -0.15) is 0 Å². The minimum Gasteiger partial charge on any atom is -0.462 e. The smallest absolute Gasteiger partial charge is 0.272 e. The van der Waals surface area contributed by atoms with Crippen LogP contribution in [0, 0.1) is 0 Å². The number of aromatic nitrogens is 1. The molecule has 0 saturated carbocycles. The zero-order valence-corrected chi connectivity index (χ0v) is 19.6. The SMILES string of the molecule is C/C(F)=C\C=C(/C)Oc1ccc(-c2cccc(C(=O)N(C)C3CC[N+](C)(C)CC3)n2)cc1. The van der Waals surface area contributed by atoms with Gasteiger partial charge in [-0.25, -0.2) is 9.37 Å². The Morgan fingerprint density at radius 2 is 1.75 bits per heavy atom. The standard InChI is InChI=1S/C26H33FN3O2/c1-19(27)9-10-20(2)32-23-13-11-21(12-14-23)24-7-6-8-25(28-24)26(31)29(3)22-15-17-30(4,5)18-16-22/h6-14,22H,15-18H2,1-5H3/q+1/b19-9+,20-10+. The van der Waals surface area contributed by atoms with E-state index in [1.807, 2.05) is 48.3 Å². The van der Waals surface area contributed by atoms with Crippen molar-refractivity contribution in [3.63, 3.8) is 0 Å². The monoisotopic (exact) mass is 438 g/mol. The number of benzene rings is 1. The van der Waals surface area contributed by atoms with Crippen molar-refractivity contribution in [1.82, 2.24) is 9.88 Å². The summed E-state index contributed by atoms with van der Waals surface area (Å²) >= 11 is 0. The lowest BCUT2D eigenvalue weighted by Crippen LogP contribution is -2.52. The lowest BCUT2D eigenvalue weighted by Gasteiger charge is -2.40. The molecule has 3 rings (SSSR count). The maximum absolute atomic E-state index is 13.1. The van der Waals surface area contributed by atoms with Crippen LogP contribution >= 0.6 is 0 Å². The van der Waals surface area contributed by atoms with Gasteiger partial charge in [0.05, 0.1) is 38.7 Å². The predicted molar refractivity (Wildman–Crippen MR) is 126 cm³/mol. The van der Waals surface area contributed by atoms with E-state index in [0.29, 0.717) is 17.2 Å². The Hall–Kier alpha value is -2.99. The van der Waals surface area contributed by atoms with Gasteiger partial charge in [-0.15, -0.1) is 0 Å². The Balaban J connectivity index is 1.69. The normalized spacial score (nSPS) is 17.2. The minimum atomic E-state index is -0.277. The van der Waals surface area contributed by atoms with Crippen molar-refractivity contribution >= 4 is 5.91 Å². The molecule has 2 aromatic rings. The number of pyridine rings is 1. The van der Waals surface area contributed by atoms with Gasteiger partial charge in [0, 0.05) is 31.5 Å². The topological polar surface area (TPSA) is 42.4 Å². The van der Waals surface area contributed by atoms with E-state index in [0.717, 1.165) is 41.7 Å². The van der Waals surface area contributed by atoms with Crippen LogP contribution in [0.1, 0.15) is 37.2 Å². The van der Waals surface area contributed by atoms with Crippen molar-refractivity contribution in [3.05, 3.63) is 71.9 Å². The second-order valence-electron chi connectivity index (χ2n) is 9.10. The van der Waals surface area contributed by atoms with Gasteiger partial charge in [0.25, 0.3) is 5.91 Å². The van der Waals surface area contributed by atoms with Gasteiger partial charge in [0.15, 0.2) is 0 Å². The fraction of sp³-hybridized carbons (Fsp3) is 0.385. The molecule has 0 N–H and O–H groups in total. The Kier molecular flexibility index (Phi) is 7.46. The van der Waals surface area contributed by atoms with Crippen LogP contribution in [0.4, 0.5) is 4.39 Å². The van der Waals surface area contributed by atoms with Crippen LogP contribution in [0.15, 0.2) is 66.2 Å². The van der Waals surface area contributed by atoms with Crippen LogP contribution < -0.4 is 4.74 Å². The number of rotatable bonds is 6. The summed E-state index contributed by atoms with van der Waals surface area (Å²) in [6, 6.07) is 13.3. The summed E-state index contributed by atoms with van der Waals surface area (Å²) < 4.78 is 19.5. The van der Waals surface area contributed by atoms with Gasteiger partial charge in [0.2, 0.25) is 0 Å². The van der Waals surface area contributed by atoms with Crippen LogP contribution in [0.5, 0.6) is 5.75 Å². The maximum Gasteiger partial charge on any atom is 0.272 e. The molecule has 1 aromatic heterocycles. The molecule has 2 heterocycles. The first-order chi connectivity index (χ1) is 15.1. The highest BCUT2D eigenvalue weighted by molar-refractivity contribution is 5.93. The van der Waals surface area contributed by atoms with Crippen molar-refractivity contribution in [2.75, 3.05) is 34.2 Å². The number of hydrogen-bond acceptors (Lipinski definition) is 3. The number of nitrogens with zero attached hydrogens (tertiary/aromatic N) is 3. The van der Waals surface area contributed by atoms with Crippen LogP contribution in [0.25, 0.3) is 11.3 Å². The van der Waals surface area contributed by atoms with Gasteiger partial charge >= 0.3 is 0 Å². The minimum absolute atomic E-state index is 0.0408. The summed E-state index contributed by atoms with van der Waals surface area (Å²) in [6.45, 7) is 5.30. The predicted octanol–water partition coefficient (Wildman–Crippen LogP) is 5.22. The van der Waals surface area contributed by atoms with E-state index >= 15 is 0 Å². The molecular weight excluding hydrogens is 405 g/mol. The van der Waals surface area contributed by atoms with Crippen molar-refractivity contribution in [2.24, 2.45) is 0 Å². The first-order valence-corrected chi connectivity index (χ1v) is 11.0. The number of quaternary nitrogens is 1. The molecule has 0 unspecified atom stereocenters. The largest absolute Gasteiger partial charge is 0.462 e. The summed E-state index contributed by atoms with van der Waals surface area (Å²) in [5.74, 6) is 0.924. The van der Waals surface area contributed by atoms with E-state index < -0.39 is 0 Å². The van der Waals surface area contributed by atoms with E-state index in [4.69, 9.17) is 4.74 Å². The fourth-order valence-electron chi connectivity index (χ4n) is 3.85. The number of allylic oxidation sites excluding steroid dienone is 4. The zero-order valence-electron chi connectivity index (χ0n) is 19.6. The third-order valence-corrected chi connectivity index (χ3v) is 5.95. The molecule has 1 amide bonds. The average molecular weight is 439 g/mol. The van der Waals surface area contributed by atoms with E-state index in [2.05, 4.69) is 19.1 Å². The highest BCUT2D eigenvalue weighted by Gasteiger charge is 2.31. The number of carbonyl (C=O) groups excluding carboxylic acids is 1. The fourth-order valence-corrected chi connectivity index (χ4v) is 3.85. The second kappa shape index (κ2) is 10.1. The van der Waals surface area contributed by atoms with Crippen LogP contribution in [0.3, 0.4) is 0 Å². The number of piperidine rings is 1. The summed E-state index contributed by atoms with van der Waals surface area (Å²) in [6.07, 6.45) is 4.96. The van der Waals surface area contributed by atoms with Gasteiger partial charge in [-0.3, -0.25) is 4.79 Å². The van der Waals surface area contributed by atoms with Crippen LogP contribution in [-0.2, 0) is 0 Å². The first kappa shape index (κ1) is 23.7. The number of ether oxygens (including phenoxy) is 1. The molecule has 1 saturated heterocycles. The number of carbonyl (C=O) groups is 1. The molecule has 170 valence electrons. The number of amides is 1. The molecule has 5 nitrogen and oxygen atoms in total. The van der Waals surface area contributed by atoms with E-state index in [9.17, 15) is 9.18 Å². The van der Waals surface area contributed by atoms with Gasteiger partial charge in [-0.1, -0.05) is 6.07 Å². The number of halogens is 1. The van der Waals surface area contributed by atoms with Gasteiger partial charge in [-0.05, 0) is 62.4 Å². The summed E-state index contributed by atoms with van der Waals surface area (Å²) in [4.78, 5) is 19.6. The lowest BCUT2D eigenvalue weighted by atomic mass is 10.0. The first-order valence-electron chi connectivity index (χ1n) is 11.0. The Bertz CT molecular complexity index is 998. The molecule has 0 radical (unpaired) electrons. The van der Waals surface area contributed by atoms with E-state index in [-0.39, 0.29) is 17.8 Å². The molecule has 0 bridgehead atoms. The van der Waals surface area contributed by atoms with Crippen LogP contribution in [-0.4, -0.2) is 60.5 Å². The highest BCUT2D eigenvalue weighted by atomic mass is 19.1. The van der Waals surface area contributed by atoms with Crippen molar-refractivity contribution < 1.29 is 18.4 Å². The molecule has 1 aromatic carbocycles. The lowest BCUT2D eigenvalue weighted by molar-refractivity contribution is -0.895. The molecule has 32 heavy (non-hydrogen) atoms. The summed E-state index contributed by atoms with van der Waals surface area (Å²) in [7, 11) is 6.35. The third-order valence-electron chi connectivity index (χ3n) is 5.95. The third kappa shape index (κ3) is 6.26. The van der Waals surface area contributed by atoms with Crippen molar-refractivity contribution in [2.45, 2.75) is 32.7 Å². The Morgan fingerprint density at radius 3 is 2.38 bits per heavy atom. The molecule has 6 heteroatoms. The number of likely N-dealkylation sites (tertiary alicyclic amines) is 1. The van der Waals surface area contributed by atoms with Crippen LogP contribution in [0.2, 0.25) is 0 Å². The molecule has 0 atom stereocenters. The molecule has 0 aliphatic carbocycles. The van der Waals surface area contributed by atoms with Crippen molar-refractivity contribution in [3.8, 4) is 17.0 Å². The molecule has 1 aliphatic rings. The zero-order chi connectivity index (χ0) is 23.3. The quantitative estimate of drug-likeness (QED) is 0.353. The Labute approximate surface area is 190 Å². The average Bonchev–Trinajstić information content (AvgIpc) is 2.77.